The first-order valence-corrected chi connectivity index (χ1v) is 8.42. The average molecular weight is 385 g/mol. The Bertz CT molecular complexity index is 849. The number of likely N-dealkylation sites (N-methyl/N-ethyl adjacent to an activating group) is 1. The van der Waals surface area contributed by atoms with Gasteiger partial charge in [-0.15, -0.1) is 0 Å². The van der Waals surface area contributed by atoms with Gasteiger partial charge in [0, 0.05) is 16.9 Å². The molecule has 0 atom stereocenters. The normalized spacial score (nSPS) is 10.6. The van der Waals surface area contributed by atoms with Gasteiger partial charge in [0.2, 0.25) is 0 Å². The molecule has 0 spiro atoms. The topological polar surface area (TPSA) is 42.4 Å². The molecule has 0 unspecified atom stereocenters. The third-order valence-corrected chi connectivity index (χ3v) is 4.20. The highest BCUT2D eigenvalue weighted by molar-refractivity contribution is 9.10. The number of aromatic nitrogens is 1. The summed E-state index contributed by atoms with van der Waals surface area (Å²) in [7, 11) is 1.75. The molecule has 1 heterocycles. The molecule has 0 saturated carbocycles. The Morgan fingerprint density at radius 2 is 1.83 bits per heavy atom. The number of carbonyl (C=O) groups is 1. The molecular formula is C19H17BrN2O2. The lowest BCUT2D eigenvalue weighted by Crippen LogP contribution is -2.31. The number of amides is 1. The summed E-state index contributed by atoms with van der Waals surface area (Å²) >= 11 is 3.38. The van der Waals surface area contributed by atoms with Crippen molar-refractivity contribution in [2.75, 3.05) is 20.2 Å². The van der Waals surface area contributed by atoms with Gasteiger partial charge in [0.25, 0.3) is 5.91 Å². The first-order valence-electron chi connectivity index (χ1n) is 7.63. The van der Waals surface area contributed by atoms with Gasteiger partial charge < -0.3 is 9.64 Å². The van der Waals surface area contributed by atoms with Crippen LogP contribution in [-0.4, -0.2) is 36.0 Å². The Hall–Kier alpha value is -2.40. The second-order valence-electron chi connectivity index (χ2n) is 5.42. The van der Waals surface area contributed by atoms with Crippen molar-refractivity contribution in [3.05, 3.63) is 70.8 Å². The van der Waals surface area contributed by atoms with E-state index in [9.17, 15) is 4.79 Å². The SMILES string of the molecule is CN(CCOc1ccc(Br)cc1)C(=O)c1ccc2ccccc2n1. The smallest absolute Gasteiger partial charge is 0.272 e. The molecule has 0 fully saturated rings. The first kappa shape index (κ1) is 16.5. The molecule has 0 bridgehead atoms. The lowest BCUT2D eigenvalue weighted by molar-refractivity contribution is 0.0768. The Morgan fingerprint density at radius 1 is 1.08 bits per heavy atom. The van der Waals surface area contributed by atoms with E-state index in [0.29, 0.717) is 18.8 Å². The minimum atomic E-state index is -0.111. The van der Waals surface area contributed by atoms with Crippen molar-refractivity contribution in [1.82, 2.24) is 9.88 Å². The molecule has 1 amide bonds. The number of carbonyl (C=O) groups excluding carboxylic acids is 1. The van der Waals surface area contributed by atoms with E-state index in [1.165, 1.54) is 0 Å². The monoisotopic (exact) mass is 384 g/mol. The second-order valence-corrected chi connectivity index (χ2v) is 6.33. The molecule has 0 saturated heterocycles. The molecule has 24 heavy (non-hydrogen) atoms. The van der Waals surface area contributed by atoms with Crippen molar-refractivity contribution < 1.29 is 9.53 Å². The molecule has 1 aromatic heterocycles. The lowest BCUT2D eigenvalue weighted by Gasteiger charge is -2.17. The van der Waals surface area contributed by atoms with Crippen LogP contribution in [0.1, 0.15) is 10.5 Å². The van der Waals surface area contributed by atoms with Gasteiger partial charge in [-0.2, -0.15) is 0 Å². The predicted molar refractivity (Wildman–Crippen MR) is 98.3 cm³/mol. The van der Waals surface area contributed by atoms with E-state index in [1.807, 2.05) is 54.6 Å². The van der Waals surface area contributed by atoms with E-state index in [0.717, 1.165) is 21.1 Å². The third kappa shape index (κ3) is 3.92. The van der Waals surface area contributed by atoms with Crippen molar-refractivity contribution in [3.63, 3.8) is 0 Å². The number of pyridine rings is 1. The Kier molecular flexibility index (Phi) is 5.11. The summed E-state index contributed by atoms with van der Waals surface area (Å²) in [5.41, 5.74) is 1.27. The molecule has 0 aliphatic rings. The van der Waals surface area contributed by atoms with Gasteiger partial charge in [-0.05, 0) is 36.4 Å². The van der Waals surface area contributed by atoms with Crippen LogP contribution in [0.3, 0.4) is 0 Å². The number of para-hydroxylation sites is 1. The van der Waals surface area contributed by atoms with Crippen molar-refractivity contribution in [2.45, 2.75) is 0 Å². The van der Waals surface area contributed by atoms with E-state index >= 15 is 0 Å². The van der Waals surface area contributed by atoms with Crippen molar-refractivity contribution in [3.8, 4) is 5.75 Å². The molecule has 3 aromatic rings. The van der Waals surface area contributed by atoms with Gasteiger partial charge in [-0.3, -0.25) is 4.79 Å². The Balaban J connectivity index is 1.60. The predicted octanol–water partition coefficient (Wildman–Crippen LogP) is 4.15. The molecule has 5 heteroatoms. The fourth-order valence-electron chi connectivity index (χ4n) is 2.31. The molecule has 0 radical (unpaired) electrons. The number of rotatable bonds is 5. The van der Waals surface area contributed by atoms with Crippen LogP contribution in [0.15, 0.2) is 65.1 Å². The number of ether oxygens (including phenoxy) is 1. The minimum Gasteiger partial charge on any atom is -0.492 e. The highest BCUT2D eigenvalue weighted by Gasteiger charge is 2.13. The van der Waals surface area contributed by atoms with Crippen LogP contribution >= 0.6 is 15.9 Å². The molecule has 0 N–H and O–H groups in total. The van der Waals surface area contributed by atoms with E-state index in [-0.39, 0.29) is 5.91 Å². The zero-order valence-electron chi connectivity index (χ0n) is 13.3. The maximum atomic E-state index is 12.5. The summed E-state index contributed by atoms with van der Waals surface area (Å²) in [6.45, 7) is 0.918. The van der Waals surface area contributed by atoms with E-state index in [1.54, 1.807) is 18.0 Å². The zero-order valence-corrected chi connectivity index (χ0v) is 14.9. The lowest BCUT2D eigenvalue weighted by atomic mass is 10.2. The van der Waals surface area contributed by atoms with Gasteiger partial charge in [-0.25, -0.2) is 4.98 Å². The number of hydrogen-bond acceptors (Lipinski definition) is 3. The summed E-state index contributed by atoms with van der Waals surface area (Å²) in [5, 5.41) is 1.02. The Labute approximate surface area is 149 Å². The van der Waals surface area contributed by atoms with Gasteiger partial charge in [0.15, 0.2) is 0 Å². The van der Waals surface area contributed by atoms with Crippen LogP contribution < -0.4 is 4.74 Å². The van der Waals surface area contributed by atoms with Crippen molar-refractivity contribution in [1.29, 1.82) is 0 Å². The summed E-state index contributed by atoms with van der Waals surface area (Å²) in [5.74, 6) is 0.669. The largest absolute Gasteiger partial charge is 0.492 e. The molecule has 3 rings (SSSR count). The number of nitrogens with zero attached hydrogens (tertiary/aromatic N) is 2. The van der Waals surface area contributed by atoms with E-state index in [4.69, 9.17) is 4.74 Å². The highest BCUT2D eigenvalue weighted by Crippen LogP contribution is 2.16. The van der Waals surface area contributed by atoms with Gasteiger partial charge >= 0.3 is 0 Å². The summed E-state index contributed by atoms with van der Waals surface area (Å²) < 4.78 is 6.66. The van der Waals surface area contributed by atoms with Gasteiger partial charge in [0.05, 0.1) is 12.1 Å². The minimum absolute atomic E-state index is 0.111. The van der Waals surface area contributed by atoms with Crippen LogP contribution in [0.2, 0.25) is 0 Å². The standard InChI is InChI=1S/C19H17BrN2O2/c1-22(12-13-24-16-9-7-15(20)8-10-16)19(23)18-11-6-14-4-2-3-5-17(14)21-18/h2-11H,12-13H2,1H3. The zero-order chi connectivity index (χ0) is 16.9. The average Bonchev–Trinajstić information content (AvgIpc) is 2.62. The molecule has 4 nitrogen and oxygen atoms in total. The fourth-order valence-corrected chi connectivity index (χ4v) is 2.58. The molecular weight excluding hydrogens is 368 g/mol. The Morgan fingerprint density at radius 3 is 2.62 bits per heavy atom. The fraction of sp³-hybridized carbons (Fsp3) is 0.158. The second kappa shape index (κ2) is 7.45. The van der Waals surface area contributed by atoms with Crippen LogP contribution in [0.5, 0.6) is 5.75 Å². The number of halogens is 1. The summed E-state index contributed by atoms with van der Waals surface area (Å²) in [4.78, 5) is 18.5. The maximum Gasteiger partial charge on any atom is 0.272 e. The molecule has 122 valence electrons. The molecule has 0 aliphatic carbocycles. The summed E-state index contributed by atoms with van der Waals surface area (Å²) in [6.07, 6.45) is 0. The van der Waals surface area contributed by atoms with E-state index < -0.39 is 0 Å². The third-order valence-electron chi connectivity index (χ3n) is 3.67. The molecule has 0 aliphatic heterocycles. The number of hydrogen-bond donors (Lipinski definition) is 0. The number of benzene rings is 2. The van der Waals surface area contributed by atoms with Gasteiger partial charge in [0.1, 0.15) is 18.1 Å². The van der Waals surface area contributed by atoms with Crippen LogP contribution in [-0.2, 0) is 0 Å². The maximum absolute atomic E-state index is 12.5. The summed E-state index contributed by atoms with van der Waals surface area (Å²) in [6, 6.07) is 19.0. The quantitative estimate of drug-likeness (QED) is 0.663. The van der Waals surface area contributed by atoms with Crippen molar-refractivity contribution >= 4 is 32.7 Å². The van der Waals surface area contributed by atoms with Crippen LogP contribution in [0, 0.1) is 0 Å². The molecule has 2 aromatic carbocycles. The van der Waals surface area contributed by atoms with Crippen molar-refractivity contribution in [2.24, 2.45) is 0 Å². The van der Waals surface area contributed by atoms with Crippen LogP contribution in [0.4, 0.5) is 0 Å². The van der Waals surface area contributed by atoms with Crippen LogP contribution in [0.25, 0.3) is 10.9 Å². The van der Waals surface area contributed by atoms with E-state index in [2.05, 4.69) is 20.9 Å². The number of fused-ring (bicyclic) bond motifs is 1. The first-order chi connectivity index (χ1) is 11.6. The van der Waals surface area contributed by atoms with Gasteiger partial charge in [-0.1, -0.05) is 40.2 Å². The highest BCUT2D eigenvalue weighted by atomic mass is 79.9.